The molecule has 0 heterocycles. The van der Waals surface area contributed by atoms with E-state index in [4.69, 9.17) is 32.7 Å². The summed E-state index contributed by atoms with van der Waals surface area (Å²) >= 11 is 12.6. The third-order valence-corrected chi connectivity index (χ3v) is 6.13. The predicted octanol–water partition coefficient (Wildman–Crippen LogP) is 5.94. The van der Waals surface area contributed by atoms with E-state index >= 15 is 0 Å². The van der Waals surface area contributed by atoms with Crippen molar-refractivity contribution < 1.29 is 19.1 Å². The Kier molecular flexibility index (Phi) is 9.84. The summed E-state index contributed by atoms with van der Waals surface area (Å²) in [5, 5.41) is 3.92. The Morgan fingerprint density at radius 2 is 1.59 bits per heavy atom. The summed E-state index contributed by atoms with van der Waals surface area (Å²) in [6.07, 6.45) is 0.314. The minimum absolute atomic E-state index is 0.0964. The lowest BCUT2D eigenvalue weighted by molar-refractivity contribution is -0.143. The number of amides is 2. The molecule has 0 spiro atoms. The molecule has 3 aromatic carbocycles. The normalized spacial score (nSPS) is 11.9. The highest BCUT2D eigenvalue weighted by Gasteiger charge is 2.33. The number of nitrogens with one attached hydrogen (secondary N) is 1. The second-order valence-electron chi connectivity index (χ2n) is 9.64. The molecule has 0 radical (unpaired) electrons. The van der Waals surface area contributed by atoms with Crippen LogP contribution in [0.2, 0.25) is 10.0 Å². The average Bonchev–Trinajstić information content (AvgIpc) is 2.85. The zero-order valence-electron chi connectivity index (χ0n) is 21.5. The molecule has 37 heavy (non-hydrogen) atoms. The van der Waals surface area contributed by atoms with Crippen LogP contribution in [-0.2, 0) is 22.6 Å². The molecule has 0 saturated carbocycles. The molecule has 0 aliphatic heterocycles. The monoisotopic (exact) mass is 542 g/mol. The summed E-state index contributed by atoms with van der Waals surface area (Å²) in [7, 11) is 1.53. The molecule has 1 N–H and O–H groups in total. The van der Waals surface area contributed by atoms with Gasteiger partial charge in [-0.15, -0.1) is 0 Å². The lowest BCUT2D eigenvalue weighted by Crippen LogP contribution is -2.55. The van der Waals surface area contributed by atoms with Gasteiger partial charge in [0, 0.05) is 28.5 Å². The summed E-state index contributed by atoms with van der Waals surface area (Å²) in [6, 6.07) is 20.9. The number of methoxy groups -OCH3 is 1. The topological polar surface area (TPSA) is 67.9 Å². The van der Waals surface area contributed by atoms with Gasteiger partial charge in [-0.1, -0.05) is 71.7 Å². The Balaban J connectivity index is 1.97. The molecule has 0 bridgehead atoms. The van der Waals surface area contributed by atoms with Crippen LogP contribution in [-0.4, -0.2) is 42.0 Å². The Labute approximate surface area is 228 Å². The molecular weight excluding hydrogens is 511 g/mol. The molecule has 1 atom stereocenters. The summed E-state index contributed by atoms with van der Waals surface area (Å²) in [4.78, 5) is 28.8. The molecule has 0 saturated heterocycles. The summed E-state index contributed by atoms with van der Waals surface area (Å²) in [5.41, 5.74) is 1.09. The lowest BCUT2D eigenvalue weighted by Gasteiger charge is -2.34. The molecule has 0 unspecified atom stereocenters. The number of carbonyl (C=O) groups excluding carboxylic acids is 2. The maximum Gasteiger partial charge on any atom is 0.261 e. The average molecular weight is 543 g/mol. The molecule has 8 heteroatoms. The van der Waals surface area contributed by atoms with Gasteiger partial charge in [0.25, 0.3) is 5.91 Å². The Morgan fingerprint density at radius 1 is 0.946 bits per heavy atom. The molecule has 196 valence electrons. The number of rotatable bonds is 10. The maximum absolute atomic E-state index is 13.7. The van der Waals surface area contributed by atoms with Gasteiger partial charge < -0.3 is 19.7 Å². The van der Waals surface area contributed by atoms with Crippen molar-refractivity contribution >= 4 is 35.0 Å². The minimum Gasteiger partial charge on any atom is -0.493 e. The standard InChI is InChI=1S/C29H32Cl2N2O4/c1-29(2,3)32-28(35)24(16-20-10-6-5-7-11-20)33(18-21-14-15-22(30)17-23(21)31)27(34)19-37-26-13-9-8-12-25(26)36-4/h5-15,17,24H,16,18-19H2,1-4H3,(H,32,35)/t24-/m1/s1. The van der Waals surface area contributed by atoms with Crippen molar-refractivity contribution in [3.05, 3.63) is 94.0 Å². The van der Waals surface area contributed by atoms with Crippen molar-refractivity contribution in [3.63, 3.8) is 0 Å². The van der Waals surface area contributed by atoms with Crippen LogP contribution in [0, 0.1) is 0 Å². The van der Waals surface area contributed by atoms with E-state index in [0.29, 0.717) is 33.5 Å². The number of benzene rings is 3. The lowest BCUT2D eigenvalue weighted by atomic mass is 10.0. The quantitative estimate of drug-likeness (QED) is 0.344. The van der Waals surface area contributed by atoms with Gasteiger partial charge in [-0.2, -0.15) is 0 Å². The van der Waals surface area contributed by atoms with Crippen LogP contribution < -0.4 is 14.8 Å². The van der Waals surface area contributed by atoms with Crippen LogP contribution in [0.1, 0.15) is 31.9 Å². The van der Waals surface area contributed by atoms with Crippen molar-refractivity contribution in [2.24, 2.45) is 0 Å². The van der Waals surface area contributed by atoms with E-state index < -0.39 is 11.6 Å². The van der Waals surface area contributed by atoms with Gasteiger partial charge in [-0.25, -0.2) is 0 Å². The zero-order chi connectivity index (χ0) is 27.0. The molecular formula is C29H32Cl2N2O4. The van der Waals surface area contributed by atoms with Crippen molar-refractivity contribution in [2.45, 2.75) is 45.3 Å². The van der Waals surface area contributed by atoms with Crippen LogP contribution in [0.4, 0.5) is 0 Å². The van der Waals surface area contributed by atoms with Crippen LogP contribution >= 0.6 is 23.2 Å². The van der Waals surface area contributed by atoms with Crippen molar-refractivity contribution in [3.8, 4) is 11.5 Å². The van der Waals surface area contributed by atoms with Crippen LogP contribution in [0.15, 0.2) is 72.8 Å². The van der Waals surface area contributed by atoms with E-state index in [9.17, 15) is 9.59 Å². The fourth-order valence-corrected chi connectivity index (χ4v) is 4.27. The van der Waals surface area contributed by atoms with E-state index in [-0.39, 0.29) is 25.0 Å². The first-order chi connectivity index (χ1) is 17.6. The third-order valence-electron chi connectivity index (χ3n) is 5.55. The van der Waals surface area contributed by atoms with Gasteiger partial charge in [0.1, 0.15) is 6.04 Å². The van der Waals surface area contributed by atoms with Crippen molar-refractivity contribution in [1.82, 2.24) is 10.2 Å². The number of halogens is 2. The first-order valence-electron chi connectivity index (χ1n) is 11.9. The van der Waals surface area contributed by atoms with E-state index in [1.54, 1.807) is 36.4 Å². The largest absolute Gasteiger partial charge is 0.493 e. The van der Waals surface area contributed by atoms with Gasteiger partial charge in [0.15, 0.2) is 18.1 Å². The number of nitrogens with zero attached hydrogens (tertiary/aromatic N) is 1. The van der Waals surface area contributed by atoms with Crippen molar-refractivity contribution in [2.75, 3.05) is 13.7 Å². The van der Waals surface area contributed by atoms with E-state index in [1.807, 2.05) is 57.2 Å². The molecule has 6 nitrogen and oxygen atoms in total. The van der Waals surface area contributed by atoms with E-state index in [2.05, 4.69) is 5.32 Å². The SMILES string of the molecule is COc1ccccc1OCC(=O)N(Cc1ccc(Cl)cc1Cl)[C@H](Cc1ccccc1)C(=O)NC(C)(C)C. The number of hydrogen-bond donors (Lipinski definition) is 1. The molecule has 0 aliphatic rings. The zero-order valence-corrected chi connectivity index (χ0v) is 23.0. The van der Waals surface area contributed by atoms with Gasteiger partial charge in [-0.05, 0) is 56.2 Å². The van der Waals surface area contributed by atoms with Crippen LogP contribution in [0.25, 0.3) is 0 Å². The highest BCUT2D eigenvalue weighted by molar-refractivity contribution is 6.35. The maximum atomic E-state index is 13.7. The van der Waals surface area contributed by atoms with E-state index in [0.717, 1.165) is 5.56 Å². The predicted molar refractivity (Wildman–Crippen MR) is 147 cm³/mol. The first-order valence-corrected chi connectivity index (χ1v) is 12.7. The molecule has 2 amide bonds. The van der Waals surface area contributed by atoms with E-state index in [1.165, 1.54) is 12.0 Å². The Morgan fingerprint density at radius 3 is 2.22 bits per heavy atom. The molecule has 0 aliphatic carbocycles. The first kappa shape index (κ1) is 28.4. The number of carbonyl (C=O) groups is 2. The second-order valence-corrected chi connectivity index (χ2v) is 10.5. The highest BCUT2D eigenvalue weighted by Crippen LogP contribution is 2.27. The molecule has 0 aromatic heterocycles. The smallest absolute Gasteiger partial charge is 0.261 e. The summed E-state index contributed by atoms with van der Waals surface area (Å²) < 4.78 is 11.2. The van der Waals surface area contributed by atoms with Crippen LogP contribution in [0.3, 0.4) is 0 Å². The number of para-hydroxylation sites is 2. The second kappa shape index (κ2) is 12.8. The Bertz CT molecular complexity index is 1210. The van der Waals surface area contributed by atoms with Gasteiger partial charge >= 0.3 is 0 Å². The number of hydrogen-bond acceptors (Lipinski definition) is 4. The highest BCUT2D eigenvalue weighted by atomic mass is 35.5. The van der Waals surface area contributed by atoms with Crippen molar-refractivity contribution in [1.29, 1.82) is 0 Å². The third kappa shape index (κ3) is 8.41. The molecule has 0 fully saturated rings. The fourth-order valence-electron chi connectivity index (χ4n) is 3.80. The van der Waals surface area contributed by atoms with Gasteiger partial charge in [-0.3, -0.25) is 9.59 Å². The minimum atomic E-state index is -0.817. The Hall–Kier alpha value is -3.22. The number of ether oxygens (including phenoxy) is 2. The summed E-state index contributed by atoms with van der Waals surface area (Å²) in [6.45, 7) is 5.51. The molecule has 3 rings (SSSR count). The van der Waals surface area contributed by atoms with Crippen LogP contribution in [0.5, 0.6) is 11.5 Å². The summed E-state index contributed by atoms with van der Waals surface area (Å²) in [5.74, 6) is 0.296. The fraction of sp³-hybridized carbons (Fsp3) is 0.310. The molecule has 3 aromatic rings. The van der Waals surface area contributed by atoms with Gasteiger partial charge in [0.2, 0.25) is 5.91 Å². The van der Waals surface area contributed by atoms with Gasteiger partial charge in [0.05, 0.1) is 7.11 Å².